The van der Waals surface area contributed by atoms with Crippen molar-refractivity contribution in [2.45, 2.75) is 25.7 Å². The average molecular weight is 169 g/mol. The van der Waals surface area contributed by atoms with Gasteiger partial charge in [-0.25, -0.2) is 4.79 Å². The van der Waals surface area contributed by atoms with Crippen molar-refractivity contribution in [3.63, 3.8) is 0 Å². The molecular weight excluding hydrogens is 154 g/mol. The lowest BCUT2D eigenvalue weighted by Gasteiger charge is -2.07. The summed E-state index contributed by atoms with van der Waals surface area (Å²) in [5, 5.41) is 2.71. The smallest absolute Gasteiger partial charge is 0.342 e. The fourth-order valence-electron chi connectivity index (χ4n) is 1.56. The normalized spacial score (nSPS) is 18.7. The van der Waals surface area contributed by atoms with Crippen LogP contribution in [0.5, 0.6) is 0 Å². The summed E-state index contributed by atoms with van der Waals surface area (Å²) in [6.45, 7) is 0.746. The number of nitrogens with one attached hydrogen (secondary N) is 1. The maximum atomic E-state index is 10.8. The molecule has 1 fully saturated rings. The summed E-state index contributed by atoms with van der Waals surface area (Å²) in [7, 11) is 0. The Hall–Kier alpha value is -1.06. The van der Waals surface area contributed by atoms with E-state index in [0.717, 1.165) is 12.9 Å². The van der Waals surface area contributed by atoms with Gasteiger partial charge in [-0.15, -0.1) is 0 Å². The maximum Gasteiger partial charge on any atom is 0.342 e. The van der Waals surface area contributed by atoms with Crippen molar-refractivity contribution in [1.82, 2.24) is 5.32 Å². The largest absolute Gasteiger partial charge is 0.390 e. The van der Waals surface area contributed by atoms with Gasteiger partial charge in [-0.3, -0.25) is 0 Å². The van der Waals surface area contributed by atoms with Crippen LogP contribution in [0.2, 0.25) is 0 Å². The minimum Gasteiger partial charge on any atom is -0.390 e. The molecule has 0 atom stereocenters. The highest BCUT2D eigenvalue weighted by molar-refractivity contribution is 5.82. The molecule has 0 saturated heterocycles. The summed E-state index contributed by atoms with van der Waals surface area (Å²) in [5.74, 6) is 0.655. The Morgan fingerprint density at radius 3 is 2.83 bits per heavy atom. The molecule has 0 bridgehead atoms. The molecule has 0 aliphatic heterocycles. The zero-order valence-corrected chi connectivity index (χ0v) is 7.12. The van der Waals surface area contributed by atoms with Crippen LogP contribution in [0.1, 0.15) is 25.7 Å². The number of nitrogens with zero attached hydrogens (tertiary/aromatic N) is 1. The van der Waals surface area contributed by atoms with E-state index in [1.807, 2.05) is 0 Å². The number of rotatable bonds is 2. The lowest BCUT2D eigenvalue weighted by atomic mass is 10.1. The molecule has 1 aliphatic carbocycles. The zero-order chi connectivity index (χ0) is 8.81. The number of carbonyl (C=O) groups is 1. The predicted molar refractivity (Wildman–Crippen MR) is 48.0 cm³/mol. The van der Waals surface area contributed by atoms with Crippen LogP contribution < -0.4 is 11.1 Å². The molecule has 68 valence electrons. The van der Waals surface area contributed by atoms with Gasteiger partial charge >= 0.3 is 6.03 Å². The lowest BCUT2D eigenvalue weighted by molar-refractivity contribution is 0.247. The molecule has 0 radical (unpaired) electrons. The Kier molecular flexibility index (Phi) is 3.57. The number of urea groups is 1. The molecule has 0 heterocycles. The maximum absolute atomic E-state index is 10.8. The van der Waals surface area contributed by atoms with Crippen molar-refractivity contribution in [2.24, 2.45) is 16.6 Å². The second-order valence-electron chi connectivity index (χ2n) is 3.11. The zero-order valence-electron chi connectivity index (χ0n) is 7.12. The third-order valence-electron chi connectivity index (χ3n) is 2.21. The van der Waals surface area contributed by atoms with E-state index in [0.29, 0.717) is 5.92 Å². The molecule has 0 unspecified atom stereocenters. The number of nitrogens with two attached hydrogens (primary N) is 1. The molecule has 0 aromatic carbocycles. The Labute approximate surface area is 72.2 Å². The third kappa shape index (κ3) is 2.90. The van der Waals surface area contributed by atoms with E-state index in [1.165, 1.54) is 25.7 Å². The first-order valence-corrected chi connectivity index (χ1v) is 4.35. The van der Waals surface area contributed by atoms with E-state index < -0.39 is 0 Å². The average Bonchev–Trinajstić information content (AvgIpc) is 2.53. The number of carbonyl (C=O) groups excluding carboxylic acids is 1. The minimum absolute atomic E-state index is 0.329. The highest BCUT2D eigenvalue weighted by Gasteiger charge is 2.14. The van der Waals surface area contributed by atoms with Gasteiger partial charge in [0.1, 0.15) is 0 Å². The Morgan fingerprint density at radius 2 is 2.25 bits per heavy atom. The van der Waals surface area contributed by atoms with Crippen LogP contribution >= 0.6 is 0 Å². The van der Waals surface area contributed by atoms with Gasteiger partial charge in [-0.1, -0.05) is 12.8 Å². The van der Waals surface area contributed by atoms with Crippen molar-refractivity contribution in [1.29, 1.82) is 0 Å². The minimum atomic E-state index is -0.329. The van der Waals surface area contributed by atoms with E-state index in [4.69, 9.17) is 5.73 Å². The van der Waals surface area contributed by atoms with Crippen LogP contribution in [0.25, 0.3) is 0 Å². The van der Waals surface area contributed by atoms with E-state index >= 15 is 0 Å². The van der Waals surface area contributed by atoms with Gasteiger partial charge < -0.3 is 11.1 Å². The SMILES string of the molecule is NC=NC(=O)NCC1CCCC1. The fourth-order valence-corrected chi connectivity index (χ4v) is 1.56. The first-order valence-electron chi connectivity index (χ1n) is 4.35. The number of hydrogen-bond acceptors (Lipinski definition) is 1. The van der Waals surface area contributed by atoms with Crippen LogP contribution in [0.3, 0.4) is 0 Å². The lowest BCUT2D eigenvalue weighted by Crippen LogP contribution is -2.26. The van der Waals surface area contributed by atoms with Gasteiger partial charge in [-0.2, -0.15) is 4.99 Å². The van der Waals surface area contributed by atoms with Gasteiger partial charge in [0.2, 0.25) is 0 Å². The second-order valence-corrected chi connectivity index (χ2v) is 3.11. The molecule has 4 heteroatoms. The highest BCUT2D eigenvalue weighted by Crippen LogP contribution is 2.23. The molecule has 0 aromatic rings. The molecule has 0 aromatic heterocycles. The quantitative estimate of drug-likeness (QED) is 0.476. The van der Waals surface area contributed by atoms with E-state index in [9.17, 15) is 4.79 Å². The summed E-state index contributed by atoms with van der Waals surface area (Å²) in [5.41, 5.74) is 4.96. The predicted octanol–water partition coefficient (Wildman–Crippen LogP) is 0.873. The number of amides is 2. The standard InChI is InChI=1S/C8H15N3O/c9-6-11-8(12)10-5-7-3-1-2-4-7/h6-7H,1-5H2,(H3,9,10,11,12). The van der Waals surface area contributed by atoms with Crippen LogP contribution in [-0.4, -0.2) is 18.9 Å². The number of hydrogen-bond donors (Lipinski definition) is 2. The highest BCUT2D eigenvalue weighted by atomic mass is 16.2. The molecule has 2 amide bonds. The molecule has 1 rings (SSSR count). The van der Waals surface area contributed by atoms with E-state index in [-0.39, 0.29) is 6.03 Å². The third-order valence-corrected chi connectivity index (χ3v) is 2.21. The summed E-state index contributed by atoms with van der Waals surface area (Å²) < 4.78 is 0. The van der Waals surface area contributed by atoms with Gasteiger partial charge in [0.05, 0.1) is 6.34 Å². The summed E-state index contributed by atoms with van der Waals surface area (Å²) >= 11 is 0. The number of aliphatic imine (C=N–C) groups is 1. The Bertz CT molecular complexity index is 173. The summed E-state index contributed by atoms with van der Waals surface area (Å²) in [6, 6.07) is -0.329. The fraction of sp³-hybridized carbons (Fsp3) is 0.750. The van der Waals surface area contributed by atoms with Crippen molar-refractivity contribution in [3.05, 3.63) is 0 Å². The van der Waals surface area contributed by atoms with Crippen LogP contribution in [0, 0.1) is 5.92 Å². The van der Waals surface area contributed by atoms with Gasteiger partial charge in [0.15, 0.2) is 0 Å². The van der Waals surface area contributed by atoms with Crippen molar-refractivity contribution < 1.29 is 4.79 Å². The molecule has 4 nitrogen and oxygen atoms in total. The van der Waals surface area contributed by atoms with Crippen LogP contribution in [0.4, 0.5) is 4.79 Å². The van der Waals surface area contributed by atoms with Crippen molar-refractivity contribution in [3.8, 4) is 0 Å². The van der Waals surface area contributed by atoms with E-state index in [2.05, 4.69) is 10.3 Å². The van der Waals surface area contributed by atoms with Gasteiger partial charge in [0, 0.05) is 6.54 Å². The molecule has 12 heavy (non-hydrogen) atoms. The first kappa shape index (κ1) is 9.03. The first-order chi connectivity index (χ1) is 5.83. The Balaban J connectivity index is 2.11. The van der Waals surface area contributed by atoms with Gasteiger partial charge in [-0.05, 0) is 18.8 Å². The van der Waals surface area contributed by atoms with Crippen molar-refractivity contribution in [2.75, 3.05) is 6.54 Å². The van der Waals surface area contributed by atoms with Gasteiger partial charge in [0.25, 0.3) is 0 Å². The summed E-state index contributed by atoms with van der Waals surface area (Å²) in [6.07, 6.45) is 6.06. The molecule has 1 saturated carbocycles. The summed E-state index contributed by atoms with van der Waals surface area (Å²) in [4.78, 5) is 14.2. The second kappa shape index (κ2) is 4.74. The molecular formula is C8H15N3O. The Morgan fingerprint density at radius 1 is 1.58 bits per heavy atom. The van der Waals surface area contributed by atoms with Crippen LogP contribution in [-0.2, 0) is 0 Å². The van der Waals surface area contributed by atoms with E-state index in [1.54, 1.807) is 0 Å². The van der Waals surface area contributed by atoms with Crippen LogP contribution in [0.15, 0.2) is 4.99 Å². The monoisotopic (exact) mass is 169 g/mol. The topological polar surface area (TPSA) is 67.5 Å². The molecule has 3 N–H and O–H groups in total. The molecule has 0 spiro atoms. The van der Waals surface area contributed by atoms with Crippen molar-refractivity contribution >= 4 is 12.4 Å². The molecule has 1 aliphatic rings.